The molecule has 0 aliphatic carbocycles. The average Bonchev–Trinajstić information content (AvgIpc) is 2.20. The molecule has 0 saturated carbocycles. The van der Waals surface area contributed by atoms with Crippen LogP contribution in [0.15, 0.2) is 18.2 Å². The van der Waals surface area contributed by atoms with E-state index in [0.717, 1.165) is 11.1 Å². The van der Waals surface area contributed by atoms with Crippen LogP contribution in [0.25, 0.3) is 0 Å². The van der Waals surface area contributed by atoms with Crippen molar-refractivity contribution in [2.45, 2.75) is 20.3 Å². The fourth-order valence-corrected chi connectivity index (χ4v) is 1.20. The minimum absolute atomic E-state index is 0.0506. The molecule has 0 amide bonds. The molecule has 0 fully saturated rings. The Morgan fingerprint density at radius 3 is 2.73 bits per heavy atom. The first kappa shape index (κ1) is 11.0. The molecule has 0 aliphatic heterocycles. The molecule has 0 atom stereocenters. The maximum absolute atomic E-state index is 11.1. The molecule has 15 heavy (non-hydrogen) atoms. The van der Waals surface area contributed by atoms with Crippen molar-refractivity contribution in [3.05, 3.63) is 34.9 Å². The summed E-state index contributed by atoms with van der Waals surface area (Å²) in [5.41, 5.74) is 2.53. The van der Waals surface area contributed by atoms with Crippen LogP contribution in [0.1, 0.15) is 34.8 Å². The van der Waals surface area contributed by atoms with E-state index in [0.29, 0.717) is 5.56 Å². The van der Waals surface area contributed by atoms with Gasteiger partial charge in [-0.1, -0.05) is 17.9 Å². The summed E-state index contributed by atoms with van der Waals surface area (Å²) < 4.78 is 0. The second kappa shape index (κ2) is 4.98. The van der Waals surface area contributed by atoms with Gasteiger partial charge in [0, 0.05) is 11.1 Å². The maximum Gasteiger partial charge on any atom is 0.159 e. The molecule has 1 rings (SSSR count). The smallest absolute Gasteiger partial charge is 0.159 e. The first-order valence-corrected chi connectivity index (χ1v) is 4.62. The lowest BCUT2D eigenvalue weighted by atomic mass is 10.0. The van der Waals surface area contributed by atoms with Gasteiger partial charge in [-0.3, -0.25) is 4.79 Å². The highest BCUT2D eigenvalue weighted by molar-refractivity contribution is 5.94. The lowest BCUT2D eigenvalue weighted by Crippen LogP contribution is -1.93. The third kappa shape index (κ3) is 2.97. The molecule has 0 heterocycles. The molecule has 0 bridgehead atoms. The summed E-state index contributed by atoms with van der Waals surface area (Å²) in [6.45, 7) is 3.44. The summed E-state index contributed by atoms with van der Waals surface area (Å²) in [7, 11) is 0. The van der Waals surface area contributed by atoms with E-state index in [2.05, 4.69) is 11.8 Å². The molecule has 0 N–H and O–H groups in total. The van der Waals surface area contributed by atoms with E-state index in [1.54, 1.807) is 6.07 Å². The van der Waals surface area contributed by atoms with Crippen molar-refractivity contribution in [3.63, 3.8) is 0 Å². The first-order valence-electron chi connectivity index (χ1n) is 4.62. The molecule has 2 nitrogen and oxygen atoms in total. The zero-order valence-electron chi connectivity index (χ0n) is 8.79. The molecule has 0 unspecified atom stereocenters. The molecular formula is C13H11NO. The number of nitrogens with zero attached hydrogens (tertiary/aromatic N) is 1. The Bertz CT molecular complexity index is 483. The number of nitriles is 1. The normalized spacial score (nSPS) is 8.60. The summed E-state index contributed by atoms with van der Waals surface area (Å²) in [6, 6.07) is 7.35. The van der Waals surface area contributed by atoms with Gasteiger partial charge in [0.25, 0.3) is 0 Å². The van der Waals surface area contributed by atoms with Gasteiger partial charge < -0.3 is 0 Å². The maximum atomic E-state index is 11.1. The van der Waals surface area contributed by atoms with Gasteiger partial charge in [0.15, 0.2) is 5.78 Å². The van der Waals surface area contributed by atoms with Gasteiger partial charge in [-0.05, 0) is 31.5 Å². The molecule has 0 aromatic heterocycles. The van der Waals surface area contributed by atoms with Crippen LogP contribution in [-0.4, -0.2) is 5.78 Å². The summed E-state index contributed by atoms with van der Waals surface area (Å²) in [4.78, 5) is 11.1. The highest BCUT2D eigenvalue weighted by Crippen LogP contribution is 2.10. The minimum atomic E-state index is 0.0506. The van der Waals surface area contributed by atoms with E-state index in [4.69, 9.17) is 5.26 Å². The van der Waals surface area contributed by atoms with Crippen LogP contribution in [0, 0.1) is 30.1 Å². The molecule has 1 aromatic carbocycles. The summed E-state index contributed by atoms with van der Waals surface area (Å²) in [5.74, 6) is 5.69. The van der Waals surface area contributed by atoms with Crippen LogP contribution in [-0.2, 0) is 0 Å². The van der Waals surface area contributed by atoms with Crippen LogP contribution in [0.2, 0.25) is 0 Å². The fourth-order valence-electron chi connectivity index (χ4n) is 1.20. The Kier molecular flexibility index (Phi) is 3.66. The van der Waals surface area contributed by atoms with Gasteiger partial charge >= 0.3 is 0 Å². The van der Waals surface area contributed by atoms with E-state index in [1.807, 2.05) is 25.1 Å². The Balaban J connectivity index is 3.01. The van der Waals surface area contributed by atoms with Crippen LogP contribution in [0.4, 0.5) is 0 Å². The second-order valence-electron chi connectivity index (χ2n) is 3.22. The summed E-state index contributed by atoms with van der Waals surface area (Å²) >= 11 is 0. The van der Waals surface area contributed by atoms with Crippen LogP contribution < -0.4 is 0 Å². The van der Waals surface area contributed by atoms with Crippen molar-refractivity contribution < 1.29 is 4.79 Å². The Hall–Kier alpha value is -2.06. The molecular weight excluding hydrogens is 186 g/mol. The van der Waals surface area contributed by atoms with Crippen molar-refractivity contribution in [1.29, 1.82) is 5.26 Å². The molecule has 1 aromatic rings. The third-order valence-electron chi connectivity index (χ3n) is 2.02. The van der Waals surface area contributed by atoms with E-state index >= 15 is 0 Å². The number of carbonyl (C=O) groups excluding carboxylic acids is 1. The molecule has 0 radical (unpaired) electrons. The lowest BCUT2D eigenvalue weighted by molar-refractivity contribution is 0.101. The molecule has 2 heteroatoms. The van der Waals surface area contributed by atoms with Crippen molar-refractivity contribution >= 4 is 5.78 Å². The van der Waals surface area contributed by atoms with E-state index in [9.17, 15) is 4.79 Å². The molecule has 0 saturated heterocycles. The fraction of sp³-hybridized carbons (Fsp3) is 0.231. The molecule has 74 valence electrons. The average molecular weight is 197 g/mol. The Labute approximate surface area is 89.5 Å². The van der Waals surface area contributed by atoms with Crippen LogP contribution in [0.3, 0.4) is 0 Å². The van der Waals surface area contributed by atoms with Gasteiger partial charge in [0.05, 0.1) is 12.5 Å². The summed E-state index contributed by atoms with van der Waals surface area (Å²) in [6.07, 6.45) is 0.230. The van der Waals surface area contributed by atoms with Gasteiger partial charge in [-0.25, -0.2) is 0 Å². The van der Waals surface area contributed by atoms with Crippen molar-refractivity contribution in [2.75, 3.05) is 0 Å². The van der Waals surface area contributed by atoms with Crippen molar-refractivity contribution in [2.24, 2.45) is 0 Å². The standard InChI is InChI=1S/C13H11NO/c1-10-9-13(11(2)15)7-6-12(10)5-3-4-8-14/h6-7,9H,4H2,1-2H3. The number of rotatable bonds is 1. The zero-order chi connectivity index (χ0) is 11.3. The quantitative estimate of drug-likeness (QED) is 0.512. The number of ketones is 1. The van der Waals surface area contributed by atoms with E-state index < -0.39 is 0 Å². The minimum Gasteiger partial charge on any atom is -0.295 e. The van der Waals surface area contributed by atoms with Gasteiger partial charge in [0.2, 0.25) is 0 Å². The Morgan fingerprint density at radius 2 is 2.20 bits per heavy atom. The SMILES string of the molecule is CC(=O)c1ccc(C#CCC#N)c(C)c1. The Morgan fingerprint density at radius 1 is 1.47 bits per heavy atom. The van der Waals surface area contributed by atoms with Crippen molar-refractivity contribution in [3.8, 4) is 17.9 Å². The van der Waals surface area contributed by atoms with Gasteiger partial charge in [0.1, 0.15) is 0 Å². The highest BCUT2D eigenvalue weighted by Gasteiger charge is 2.01. The monoisotopic (exact) mass is 197 g/mol. The van der Waals surface area contributed by atoms with E-state index in [1.165, 1.54) is 6.92 Å². The predicted molar refractivity (Wildman–Crippen MR) is 58.3 cm³/mol. The molecule has 0 aliphatic rings. The number of Topliss-reactive ketones (excluding diaryl/α,β-unsaturated/α-hetero) is 1. The largest absolute Gasteiger partial charge is 0.295 e. The number of benzene rings is 1. The van der Waals surface area contributed by atoms with Crippen LogP contribution >= 0.6 is 0 Å². The van der Waals surface area contributed by atoms with Crippen molar-refractivity contribution in [1.82, 2.24) is 0 Å². The molecule has 0 spiro atoms. The first-order chi connectivity index (χ1) is 7.15. The number of carbonyl (C=O) groups is 1. The highest BCUT2D eigenvalue weighted by atomic mass is 16.1. The predicted octanol–water partition coefficient (Wildman–Crippen LogP) is 2.46. The summed E-state index contributed by atoms with van der Waals surface area (Å²) in [5, 5.41) is 8.33. The third-order valence-corrected chi connectivity index (χ3v) is 2.02. The second-order valence-corrected chi connectivity index (χ2v) is 3.22. The van der Waals surface area contributed by atoms with Gasteiger partial charge in [-0.2, -0.15) is 5.26 Å². The number of aryl methyl sites for hydroxylation is 1. The lowest BCUT2D eigenvalue weighted by Gasteiger charge is -2.00. The number of hydrogen-bond acceptors (Lipinski definition) is 2. The van der Waals surface area contributed by atoms with Gasteiger partial charge in [-0.15, -0.1) is 0 Å². The zero-order valence-corrected chi connectivity index (χ0v) is 8.79. The van der Waals surface area contributed by atoms with E-state index in [-0.39, 0.29) is 12.2 Å². The number of hydrogen-bond donors (Lipinski definition) is 0. The van der Waals surface area contributed by atoms with Crippen LogP contribution in [0.5, 0.6) is 0 Å². The topological polar surface area (TPSA) is 40.9 Å².